The number of primary amides is 2. The van der Waals surface area contributed by atoms with Crippen LogP contribution in [0.15, 0.2) is 46.2 Å². The van der Waals surface area contributed by atoms with Crippen molar-refractivity contribution >= 4 is 56.6 Å². The average molecular weight is 419 g/mol. The molecule has 0 saturated carbocycles. The summed E-state index contributed by atoms with van der Waals surface area (Å²) in [6, 6.07) is 9.57. The predicted molar refractivity (Wildman–Crippen MR) is 110 cm³/mol. The second-order valence-electron chi connectivity index (χ2n) is 5.68. The van der Waals surface area contributed by atoms with E-state index in [-0.39, 0.29) is 22.9 Å². The SMILES string of the molecule is CC(=O)Nc1ccc(SSc2ccc(NC(C)=O)cc2C(N)=O)c(C(N)=O)c1. The predicted octanol–water partition coefficient (Wildman–Crippen LogP) is 2.60. The number of hydrogen-bond acceptors (Lipinski definition) is 6. The molecule has 0 bridgehead atoms. The van der Waals surface area contributed by atoms with Gasteiger partial charge in [-0.25, -0.2) is 0 Å². The molecule has 0 saturated heterocycles. The van der Waals surface area contributed by atoms with E-state index in [4.69, 9.17) is 11.5 Å². The molecule has 0 fully saturated rings. The number of benzene rings is 2. The maximum absolute atomic E-state index is 11.8. The molecule has 0 aromatic heterocycles. The zero-order valence-electron chi connectivity index (χ0n) is 15.1. The van der Waals surface area contributed by atoms with Crippen LogP contribution in [0, 0.1) is 0 Å². The summed E-state index contributed by atoms with van der Waals surface area (Å²) in [6.07, 6.45) is 0. The minimum Gasteiger partial charge on any atom is -0.366 e. The highest BCUT2D eigenvalue weighted by Crippen LogP contribution is 2.41. The van der Waals surface area contributed by atoms with Crippen LogP contribution in [-0.2, 0) is 9.59 Å². The highest BCUT2D eigenvalue weighted by Gasteiger charge is 2.15. The molecule has 0 radical (unpaired) electrons. The van der Waals surface area contributed by atoms with E-state index in [9.17, 15) is 19.2 Å². The molecule has 0 unspecified atom stereocenters. The average Bonchev–Trinajstić information content (AvgIpc) is 2.60. The van der Waals surface area contributed by atoms with Gasteiger partial charge in [-0.1, -0.05) is 21.6 Å². The number of anilines is 2. The van der Waals surface area contributed by atoms with Crippen LogP contribution in [0.5, 0.6) is 0 Å². The second kappa shape index (κ2) is 9.29. The van der Waals surface area contributed by atoms with E-state index in [1.54, 1.807) is 24.3 Å². The third kappa shape index (κ3) is 5.76. The summed E-state index contributed by atoms with van der Waals surface area (Å²) >= 11 is 0. The minimum atomic E-state index is -0.647. The molecule has 0 aliphatic rings. The van der Waals surface area contributed by atoms with Gasteiger partial charge >= 0.3 is 0 Å². The first-order valence-corrected chi connectivity index (χ1v) is 10.1. The fraction of sp³-hybridized carbons (Fsp3) is 0.111. The molecule has 2 aromatic rings. The Balaban J connectivity index is 2.27. The maximum Gasteiger partial charge on any atom is 0.249 e. The molecular weight excluding hydrogens is 400 g/mol. The first kappa shape index (κ1) is 21.3. The molecule has 146 valence electrons. The van der Waals surface area contributed by atoms with Gasteiger partial charge in [-0.15, -0.1) is 0 Å². The summed E-state index contributed by atoms with van der Waals surface area (Å²) in [5, 5.41) is 5.18. The van der Waals surface area contributed by atoms with E-state index < -0.39 is 11.8 Å². The number of carbonyl (C=O) groups is 4. The van der Waals surface area contributed by atoms with E-state index in [0.29, 0.717) is 21.2 Å². The molecule has 8 nitrogen and oxygen atoms in total. The van der Waals surface area contributed by atoms with Crippen LogP contribution in [0.2, 0.25) is 0 Å². The van der Waals surface area contributed by atoms with Gasteiger partial charge in [0, 0.05) is 35.0 Å². The van der Waals surface area contributed by atoms with Crippen LogP contribution in [0.3, 0.4) is 0 Å². The summed E-state index contributed by atoms with van der Waals surface area (Å²) < 4.78 is 0. The van der Waals surface area contributed by atoms with E-state index >= 15 is 0 Å². The lowest BCUT2D eigenvalue weighted by atomic mass is 10.2. The summed E-state index contributed by atoms with van der Waals surface area (Å²) in [5.74, 6) is -1.83. The van der Waals surface area contributed by atoms with Crippen LogP contribution in [0.1, 0.15) is 34.6 Å². The van der Waals surface area contributed by atoms with Crippen molar-refractivity contribution in [3.05, 3.63) is 47.5 Å². The van der Waals surface area contributed by atoms with Crippen molar-refractivity contribution in [2.75, 3.05) is 10.6 Å². The van der Waals surface area contributed by atoms with Crippen molar-refractivity contribution < 1.29 is 19.2 Å². The zero-order chi connectivity index (χ0) is 20.8. The Bertz CT molecular complexity index is 885. The lowest BCUT2D eigenvalue weighted by Crippen LogP contribution is -2.14. The molecule has 10 heteroatoms. The van der Waals surface area contributed by atoms with Crippen molar-refractivity contribution in [3.8, 4) is 0 Å². The summed E-state index contributed by atoms with van der Waals surface area (Å²) in [7, 11) is 2.43. The van der Waals surface area contributed by atoms with Gasteiger partial charge in [-0.3, -0.25) is 19.2 Å². The fourth-order valence-corrected chi connectivity index (χ4v) is 4.58. The Kier molecular flexibility index (Phi) is 7.07. The molecule has 0 atom stereocenters. The smallest absolute Gasteiger partial charge is 0.249 e. The molecular formula is C18H18N4O4S2. The first-order chi connectivity index (χ1) is 13.2. The third-order valence-electron chi connectivity index (χ3n) is 3.35. The Morgan fingerprint density at radius 3 is 1.36 bits per heavy atom. The Morgan fingerprint density at radius 2 is 1.07 bits per heavy atom. The maximum atomic E-state index is 11.8. The molecule has 2 aromatic carbocycles. The summed E-state index contributed by atoms with van der Waals surface area (Å²) in [6.45, 7) is 2.72. The van der Waals surface area contributed by atoms with Crippen LogP contribution < -0.4 is 22.1 Å². The number of rotatable bonds is 7. The fourth-order valence-electron chi connectivity index (χ4n) is 2.24. The molecule has 0 aliphatic carbocycles. The molecule has 2 rings (SSSR count). The number of nitrogens with one attached hydrogen (secondary N) is 2. The molecule has 28 heavy (non-hydrogen) atoms. The number of carbonyl (C=O) groups excluding carboxylic acids is 4. The summed E-state index contributed by atoms with van der Waals surface area (Å²) in [4.78, 5) is 47.0. The van der Waals surface area contributed by atoms with Gasteiger partial charge in [0.15, 0.2) is 0 Å². The Hall–Kier alpha value is -2.98. The van der Waals surface area contributed by atoms with Crippen molar-refractivity contribution in [1.29, 1.82) is 0 Å². The molecule has 4 amide bonds. The topological polar surface area (TPSA) is 144 Å². The van der Waals surface area contributed by atoms with Crippen LogP contribution in [-0.4, -0.2) is 23.6 Å². The van der Waals surface area contributed by atoms with E-state index in [1.165, 1.54) is 47.6 Å². The number of nitrogens with two attached hydrogens (primary N) is 2. The molecule has 0 aliphatic heterocycles. The van der Waals surface area contributed by atoms with E-state index in [2.05, 4.69) is 10.6 Å². The Labute approximate surface area is 169 Å². The van der Waals surface area contributed by atoms with Crippen LogP contribution in [0.25, 0.3) is 0 Å². The van der Waals surface area contributed by atoms with Crippen molar-refractivity contribution in [1.82, 2.24) is 0 Å². The molecule has 0 spiro atoms. The lowest BCUT2D eigenvalue weighted by Gasteiger charge is -2.11. The highest BCUT2D eigenvalue weighted by atomic mass is 33.1. The minimum absolute atomic E-state index is 0.235. The Morgan fingerprint density at radius 1 is 0.714 bits per heavy atom. The van der Waals surface area contributed by atoms with Crippen LogP contribution >= 0.6 is 21.6 Å². The van der Waals surface area contributed by atoms with Gasteiger partial charge < -0.3 is 22.1 Å². The second-order valence-corrected chi connectivity index (χ2v) is 7.89. The van der Waals surface area contributed by atoms with E-state index in [0.717, 1.165) is 0 Å². The van der Waals surface area contributed by atoms with Gasteiger partial charge in [0.25, 0.3) is 0 Å². The largest absolute Gasteiger partial charge is 0.366 e. The van der Waals surface area contributed by atoms with Gasteiger partial charge in [-0.2, -0.15) is 0 Å². The number of hydrogen-bond donors (Lipinski definition) is 4. The molecule has 6 N–H and O–H groups in total. The lowest BCUT2D eigenvalue weighted by molar-refractivity contribution is -0.115. The van der Waals surface area contributed by atoms with Gasteiger partial charge in [0.1, 0.15) is 0 Å². The summed E-state index contributed by atoms with van der Waals surface area (Å²) in [5.41, 5.74) is 12.3. The van der Waals surface area contributed by atoms with Gasteiger partial charge in [0.2, 0.25) is 23.6 Å². The normalized spacial score (nSPS) is 10.2. The monoisotopic (exact) mass is 418 g/mol. The third-order valence-corrected chi connectivity index (χ3v) is 5.83. The van der Waals surface area contributed by atoms with Crippen LogP contribution in [0.4, 0.5) is 11.4 Å². The van der Waals surface area contributed by atoms with Gasteiger partial charge in [0.05, 0.1) is 11.1 Å². The standard InChI is InChI=1S/C18H18N4O4S2/c1-9(23)21-11-3-5-15(13(7-11)17(19)25)27-28-16-6-4-12(22-10(2)24)8-14(16)18(20)26/h3-8H,1-2H3,(H2,19,25)(H2,20,26)(H,21,23)(H,22,24). The van der Waals surface area contributed by atoms with E-state index in [1.807, 2.05) is 0 Å². The number of amides is 4. The quantitative estimate of drug-likeness (QED) is 0.509. The van der Waals surface area contributed by atoms with Crippen molar-refractivity contribution in [2.45, 2.75) is 23.6 Å². The first-order valence-electron chi connectivity index (χ1n) is 7.94. The molecule has 0 heterocycles. The zero-order valence-corrected chi connectivity index (χ0v) is 16.7. The van der Waals surface area contributed by atoms with Gasteiger partial charge in [-0.05, 0) is 36.4 Å². The van der Waals surface area contributed by atoms with Crippen molar-refractivity contribution in [2.24, 2.45) is 11.5 Å². The van der Waals surface area contributed by atoms with Crippen molar-refractivity contribution in [3.63, 3.8) is 0 Å². The highest BCUT2D eigenvalue weighted by molar-refractivity contribution is 8.76.